The van der Waals surface area contributed by atoms with Gasteiger partial charge in [0, 0.05) is 17.5 Å². The Bertz CT molecular complexity index is 1120. The highest BCUT2D eigenvalue weighted by atomic mass is 19.4. The highest BCUT2D eigenvalue weighted by Crippen LogP contribution is 2.38. The van der Waals surface area contributed by atoms with Gasteiger partial charge in [-0.05, 0) is 6.07 Å². The number of aliphatic hydroxyl groups is 4. The number of halogens is 3. The van der Waals surface area contributed by atoms with Gasteiger partial charge in [0.15, 0.2) is 17.8 Å². The van der Waals surface area contributed by atoms with Crippen molar-refractivity contribution in [3.63, 3.8) is 0 Å². The summed E-state index contributed by atoms with van der Waals surface area (Å²) < 4.78 is 56.6. The van der Waals surface area contributed by atoms with Crippen LogP contribution in [0.5, 0.6) is 11.5 Å². The largest absolute Gasteiger partial charge is 0.493 e. The smallest absolute Gasteiger partial charge is 0.417 e. The third kappa shape index (κ3) is 4.81. The molecule has 34 heavy (non-hydrogen) atoms. The van der Waals surface area contributed by atoms with Gasteiger partial charge in [-0.3, -0.25) is 14.2 Å². The minimum atomic E-state index is -4.88. The molecule has 3 rings (SSSR count). The van der Waals surface area contributed by atoms with Crippen molar-refractivity contribution in [2.75, 3.05) is 20.8 Å². The molecule has 5 N–H and O–H groups in total. The lowest BCUT2D eigenvalue weighted by atomic mass is 9.97. The molecule has 0 saturated carbocycles. The molecule has 1 aromatic heterocycles. The maximum atomic E-state index is 13.6. The number of hydrogen-bond donors (Lipinski definition) is 5. The first-order valence-corrected chi connectivity index (χ1v) is 9.89. The molecular weight excluding hydrogens is 469 g/mol. The van der Waals surface area contributed by atoms with E-state index in [2.05, 4.69) is 5.32 Å². The fourth-order valence-corrected chi connectivity index (χ4v) is 3.73. The average Bonchev–Trinajstić information content (AvgIpc) is 2.79. The second-order valence-electron chi connectivity index (χ2n) is 7.53. The molecule has 0 bridgehead atoms. The summed E-state index contributed by atoms with van der Waals surface area (Å²) in [6, 6.07) is 0.931. The number of pyridine rings is 1. The number of hydrogen-bond acceptors (Lipinski definition) is 9. The van der Waals surface area contributed by atoms with E-state index in [0.29, 0.717) is 6.07 Å². The normalized spacial score (nSPS) is 25.3. The molecule has 0 spiro atoms. The Morgan fingerprint density at radius 1 is 1.12 bits per heavy atom. The summed E-state index contributed by atoms with van der Waals surface area (Å²) in [4.78, 5) is 25.2. The minimum absolute atomic E-state index is 0.00701. The van der Waals surface area contributed by atoms with Crippen LogP contribution in [0.25, 0.3) is 10.9 Å². The summed E-state index contributed by atoms with van der Waals surface area (Å²) in [6.07, 6.45) is -11.4. The molecule has 5 unspecified atom stereocenters. The van der Waals surface area contributed by atoms with E-state index >= 15 is 0 Å². The third-order valence-electron chi connectivity index (χ3n) is 5.45. The van der Waals surface area contributed by atoms with Crippen LogP contribution in [0.1, 0.15) is 5.56 Å². The molecule has 1 amide bonds. The number of rotatable bonds is 6. The molecule has 0 aliphatic carbocycles. The van der Waals surface area contributed by atoms with Crippen molar-refractivity contribution < 1.29 is 52.6 Å². The van der Waals surface area contributed by atoms with Crippen LogP contribution in [0, 0.1) is 0 Å². The van der Waals surface area contributed by atoms with Crippen LogP contribution in [-0.4, -0.2) is 82.4 Å². The molecule has 14 heteroatoms. The zero-order valence-corrected chi connectivity index (χ0v) is 17.9. The molecule has 1 fully saturated rings. The number of methoxy groups -OCH3 is 2. The van der Waals surface area contributed by atoms with E-state index in [4.69, 9.17) is 19.3 Å². The molecule has 2 aromatic rings. The Hall–Kier alpha value is -2.91. The number of nitrogens with zero attached hydrogens (tertiary/aromatic N) is 1. The van der Waals surface area contributed by atoms with Crippen molar-refractivity contribution in [1.82, 2.24) is 9.88 Å². The van der Waals surface area contributed by atoms with E-state index in [0.717, 1.165) is 16.7 Å². The van der Waals surface area contributed by atoms with Crippen LogP contribution in [0.4, 0.5) is 13.2 Å². The number of aliphatic hydroxyl groups excluding tert-OH is 4. The van der Waals surface area contributed by atoms with Gasteiger partial charge in [0.2, 0.25) is 5.91 Å². The fourth-order valence-electron chi connectivity index (χ4n) is 3.73. The Morgan fingerprint density at radius 2 is 1.74 bits per heavy atom. The molecule has 11 nitrogen and oxygen atoms in total. The predicted octanol–water partition coefficient (Wildman–Crippen LogP) is -1.05. The fraction of sp³-hybridized carbons (Fsp3) is 0.500. The molecule has 1 aromatic carbocycles. The summed E-state index contributed by atoms with van der Waals surface area (Å²) in [5.41, 5.74) is -2.67. The molecule has 188 valence electrons. The number of carbonyl (C=O) groups is 1. The lowest BCUT2D eigenvalue weighted by Crippen LogP contribution is -2.64. The van der Waals surface area contributed by atoms with Crippen molar-refractivity contribution in [2.45, 2.75) is 43.4 Å². The maximum absolute atomic E-state index is 13.6. The van der Waals surface area contributed by atoms with Gasteiger partial charge in [-0.2, -0.15) is 13.2 Å². The molecule has 2 heterocycles. The standard InChI is InChI=1S/C20H23F3N2O9/c1-32-11-3-8-9(20(21,22)23)4-15(28)25(10(8)5-12(11)33-2)6-14(27)24-16-18(30)17(29)13(7-26)34-19(16)31/h3-5,13,16-19,26,29-31H,6-7H2,1-2H3,(H,24,27). The van der Waals surface area contributed by atoms with Crippen molar-refractivity contribution in [3.8, 4) is 11.5 Å². The Labute approximate surface area is 189 Å². The average molecular weight is 492 g/mol. The second kappa shape index (κ2) is 9.76. The van der Waals surface area contributed by atoms with E-state index in [-0.39, 0.29) is 17.0 Å². The number of alkyl halides is 3. The van der Waals surface area contributed by atoms with E-state index in [1.165, 1.54) is 14.2 Å². The van der Waals surface area contributed by atoms with Gasteiger partial charge in [0.25, 0.3) is 5.56 Å². The Morgan fingerprint density at radius 3 is 2.29 bits per heavy atom. The highest BCUT2D eigenvalue weighted by Gasteiger charge is 2.44. The molecule has 1 saturated heterocycles. The van der Waals surface area contributed by atoms with Crippen molar-refractivity contribution in [3.05, 3.63) is 34.1 Å². The maximum Gasteiger partial charge on any atom is 0.417 e. The summed E-state index contributed by atoms with van der Waals surface area (Å²) in [7, 11) is 2.46. The van der Waals surface area contributed by atoms with Gasteiger partial charge < -0.3 is 40.0 Å². The first kappa shape index (κ1) is 25.7. The number of amides is 1. The lowest BCUT2D eigenvalue weighted by molar-refractivity contribution is -0.253. The predicted molar refractivity (Wildman–Crippen MR) is 108 cm³/mol. The van der Waals surface area contributed by atoms with E-state index in [1.807, 2.05) is 0 Å². The van der Waals surface area contributed by atoms with E-state index < -0.39 is 72.4 Å². The quantitative estimate of drug-likeness (QED) is 0.339. The number of ether oxygens (including phenoxy) is 3. The van der Waals surface area contributed by atoms with Gasteiger partial charge in [0.1, 0.15) is 30.9 Å². The van der Waals surface area contributed by atoms with Gasteiger partial charge in [-0.25, -0.2) is 0 Å². The zero-order chi connectivity index (χ0) is 25.4. The van der Waals surface area contributed by atoms with Gasteiger partial charge in [-0.15, -0.1) is 0 Å². The lowest BCUT2D eigenvalue weighted by Gasteiger charge is -2.40. The molecular formula is C20H23F3N2O9. The van der Waals surface area contributed by atoms with Crippen molar-refractivity contribution in [1.29, 1.82) is 0 Å². The SMILES string of the molecule is COc1cc2c(C(F)(F)F)cc(=O)n(CC(=O)NC3C(O)OC(CO)C(O)C3O)c2cc1OC. The number of benzene rings is 1. The first-order valence-electron chi connectivity index (χ1n) is 9.89. The van der Waals surface area contributed by atoms with Gasteiger partial charge in [0.05, 0.1) is 31.9 Å². The molecule has 1 aliphatic rings. The van der Waals surface area contributed by atoms with E-state index in [1.54, 1.807) is 0 Å². The van der Waals surface area contributed by atoms with Crippen LogP contribution >= 0.6 is 0 Å². The highest BCUT2D eigenvalue weighted by molar-refractivity contribution is 5.88. The number of aromatic nitrogens is 1. The first-order chi connectivity index (χ1) is 15.9. The van der Waals surface area contributed by atoms with Crippen LogP contribution in [0.2, 0.25) is 0 Å². The zero-order valence-electron chi connectivity index (χ0n) is 17.9. The number of fused-ring (bicyclic) bond motifs is 1. The van der Waals surface area contributed by atoms with Crippen molar-refractivity contribution >= 4 is 16.8 Å². The van der Waals surface area contributed by atoms with Gasteiger partial charge in [-0.1, -0.05) is 0 Å². The topological polar surface area (TPSA) is 160 Å². The number of carbonyl (C=O) groups excluding carboxylic acids is 1. The molecule has 0 radical (unpaired) electrons. The summed E-state index contributed by atoms with van der Waals surface area (Å²) in [6.45, 7) is -1.52. The Balaban J connectivity index is 2.00. The molecule has 5 atom stereocenters. The van der Waals surface area contributed by atoms with Crippen molar-refractivity contribution in [2.24, 2.45) is 0 Å². The minimum Gasteiger partial charge on any atom is -0.493 e. The van der Waals surface area contributed by atoms with E-state index in [9.17, 15) is 38.1 Å². The summed E-state index contributed by atoms with van der Waals surface area (Å²) in [5.74, 6) is -1.01. The summed E-state index contributed by atoms with van der Waals surface area (Å²) >= 11 is 0. The number of nitrogens with one attached hydrogen (secondary N) is 1. The monoisotopic (exact) mass is 492 g/mol. The van der Waals surface area contributed by atoms with Crippen LogP contribution in [0.3, 0.4) is 0 Å². The van der Waals surface area contributed by atoms with Crippen LogP contribution < -0.4 is 20.3 Å². The van der Waals surface area contributed by atoms with Gasteiger partial charge >= 0.3 is 6.18 Å². The third-order valence-corrected chi connectivity index (χ3v) is 5.45. The Kier molecular flexibility index (Phi) is 7.38. The second-order valence-corrected chi connectivity index (χ2v) is 7.53. The van der Waals surface area contributed by atoms with Crippen LogP contribution in [0.15, 0.2) is 23.0 Å². The molecule has 1 aliphatic heterocycles. The van der Waals surface area contributed by atoms with Crippen LogP contribution in [-0.2, 0) is 22.3 Å². The summed E-state index contributed by atoms with van der Waals surface area (Å²) in [5, 5.41) is 41.0.